The van der Waals surface area contributed by atoms with Crippen molar-refractivity contribution >= 4 is 13.7 Å². The number of phosphoric ester groups is 1. The van der Waals surface area contributed by atoms with Crippen LogP contribution in [-0.2, 0) is 18.4 Å². The molecular formula is C65H113N2O6P. The molecule has 0 aliphatic heterocycles. The van der Waals surface area contributed by atoms with Gasteiger partial charge in [-0.3, -0.25) is 9.36 Å². The summed E-state index contributed by atoms with van der Waals surface area (Å²) in [5, 5.41) is 13.9. The molecule has 0 spiro atoms. The first-order chi connectivity index (χ1) is 36.0. The zero-order valence-corrected chi connectivity index (χ0v) is 49.1. The van der Waals surface area contributed by atoms with Crippen molar-refractivity contribution in [1.82, 2.24) is 5.32 Å². The predicted octanol–water partition coefficient (Wildman–Crippen LogP) is 17.9. The summed E-state index contributed by atoms with van der Waals surface area (Å²) >= 11 is 0. The molecule has 0 rings (SSSR count). The Hall–Kier alpha value is -3.10. The SMILES string of the molecule is CC/C=C\C/C=C\C/C=C\C/C=C\C/C=C\C/C=C\C/C=C\C/C=C\CCCCCCCCC(=O)NC(COP(=O)([O-])OCC[N+](C)(C)C)C(O)/C=C/CC/C=C/CCCCCCCCCCCCCCCCC. The molecule has 0 radical (unpaired) electrons. The van der Waals surface area contributed by atoms with E-state index in [1.165, 1.54) is 96.3 Å². The van der Waals surface area contributed by atoms with Crippen LogP contribution < -0.4 is 10.2 Å². The third-order valence-electron chi connectivity index (χ3n) is 12.7. The van der Waals surface area contributed by atoms with E-state index in [1.54, 1.807) is 6.08 Å². The van der Waals surface area contributed by atoms with Gasteiger partial charge in [0.15, 0.2) is 0 Å². The Labute approximate surface area is 456 Å². The van der Waals surface area contributed by atoms with Crippen LogP contribution in [-0.4, -0.2) is 68.5 Å². The minimum Gasteiger partial charge on any atom is -0.756 e. The number of hydrogen-bond acceptors (Lipinski definition) is 6. The number of unbranched alkanes of at least 4 members (excludes halogenated alkanes) is 22. The number of aliphatic hydroxyl groups is 1. The van der Waals surface area contributed by atoms with Crippen molar-refractivity contribution in [3.8, 4) is 0 Å². The summed E-state index contributed by atoms with van der Waals surface area (Å²) in [7, 11) is 1.22. The summed E-state index contributed by atoms with van der Waals surface area (Å²) in [4.78, 5) is 25.5. The lowest BCUT2D eigenvalue weighted by atomic mass is 10.0. The van der Waals surface area contributed by atoms with E-state index in [-0.39, 0.29) is 12.5 Å². The van der Waals surface area contributed by atoms with Gasteiger partial charge in [0.05, 0.1) is 39.9 Å². The van der Waals surface area contributed by atoms with Crippen molar-refractivity contribution < 1.29 is 32.9 Å². The number of phosphoric acid groups is 1. The van der Waals surface area contributed by atoms with E-state index in [9.17, 15) is 19.4 Å². The second-order valence-corrected chi connectivity index (χ2v) is 22.4. The summed E-state index contributed by atoms with van der Waals surface area (Å²) in [6, 6.07) is -0.921. The molecule has 0 heterocycles. The molecule has 0 bridgehead atoms. The number of nitrogens with one attached hydrogen (secondary N) is 1. The molecular weight excluding hydrogens is 936 g/mol. The van der Waals surface area contributed by atoms with Crippen molar-refractivity contribution in [2.24, 2.45) is 0 Å². The normalized spacial score (nSPS) is 14.7. The van der Waals surface area contributed by atoms with Crippen molar-refractivity contribution in [2.75, 3.05) is 40.9 Å². The van der Waals surface area contributed by atoms with Crippen LogP contribution in [0, 0.1) is 0 Å². The molecule has 0 aromatic heterocycles. The average molecular weight is 1050 g/mol. The molecule has 0 saturated heterocycles. The summed E-state index contributed by atoms with van der Waals surface area (Å²) in [6.45, 7) is 4.50. The van der Waals surface area contributed by atoms with Crippen LogP contribution in [0.5, 0.6) is 0 Å². The third kappa shape index (κ3) is 56.6. The maximum Gasteiger partial charge on any atom is 0.268 e. The smallest absolute Gasteiger partial charge is 0.268 e. The third-order valence-corrected chi connectivity index (χ3v) is 13.6. The highest BCUT2D eigenvalue weighted by molar-refractivity contribution is 7.45. The van der Waals surface area contributed by atoms with Crippen molar-refractivity contribution in [2.45, 2.75) is 244 Å². The number of carbonyl (C=O) groups excluding carboxylic acids is 1. The van der Waals surface area contributed by atoms with E-state index < -0.39 is 26.6 Å². The van der Waals surface area contributed by atoms with Crippen LogP contribution in [0.25, 0.3) is 0 Å². The molecule has 0 aliphatic carbocycles. The Morgan fingerprint density at radius 1 is 0.486 bits per heavy atom. The summed E-state index contributed by atoms with van der Waals surface area (Å²) in [6.07, 6.45) is 81.3. The highest BCUT2D eigenvalue weighted by Gasteiger charge is 2.23. The van der Waals surface area contributed by atoms with Gasteiger partial charge in [0.2, 0.25) is 5.91 Å². The van der Waals surface area contributed by atoms with E-state index in [0.29, 0.717) is 17.4 Å². The van der Waals surface area contributed by atoms with E-state index in [1.807, 2.05) is 27.2 Å². The molecule has 1 amide bonds. The quantitative estimate of drug-likeness (QED) is 0.0272. The fourth-order valence-corrected chi connectivity index (χ4v) is 8.73. The fraction of sp³-hybridized carbons (Fsp3) is 0.677. The van der Waals surface area contributed by atoms with Crippen LogP contribution in [0.4, 0.5) is 0 Å². The molecule has 8 nitrogen and oxygen atoms in total. The fourth-order valence-electron chi connectivity index (χ4n) is 8.01. The van der Waals surface area contributed by atoms with Gasteiger partial charge in [0.1, 0.15) is 13.2 Å². The molecule has 0 aromatic carbocycles. The number of carbonyl (C=O) groups is 1. The molecule has 0 aliphatic rings. The van der Waals surface area contributed by atoms with Crippen LogP contribution in [0.2, 0.25) is 0 Å². The van der Waals surface area contributed by atoms with Gasteiger partial charge in [-0.2, -0.15) is 0 Å². The van der Waals surface area contributed by atoms with E-state index in [4.69, 9.17) is 9.05 Å². The van der Waals surface area contributed by atoms with Crippen molar-refractivity contribution in [1.29, 1.82) is 0 Å². The molecule has 74 heavy (non-hydrogen) atoms. The second kappa shape index (κ2) is 54.7. The number of allylic oxidation sites excluding steroid dienone is 19. The monoisotopic (exact) mass is 1050 g/mol. The minimum absolute atomic E-state index is 0.0160. The first kappa shape index (κ1) is 70.9. The topological polar surface area (TPSA) is 108 Å². The van der Waals surface area contributed by atoms with Gasteiger partial charge in [-0.1, -0.05) is 251 Å². The molecule has 2 N–H and O–H groups in total. The first-order valence-electron chi connectivity index (χ1n) is 29.9. The number of aliphatic hydroxyl groups excluding tert-OH is 1. The highest BCUT2D eigenvalue weighted by atomic mass is 31.2. The van der Waals surface area contributed by atoms with Gasteiger partial charge in [0.25, 0.3) is 7.82 Å². The van der Waals surface area contributed by atoms with Crippen molar-refractivity contribution in [3.63, 3.8) is 0 Å². The molecule has 0 saturated carbocycles. The molecule has 9 heteroatoms. The Balaban J connectivity index is 4.31. The largest absolute Gasteiger partial charge is 0.756 e. The zero-order valence-electron chi connectivity index (χ0n) is 48.2. The second-order valence-electron chi connectivity index (χ2n) is 21.0. The Kier molecular flexibility index (Phi) is 52.4. The van der Waals surface area contributed by atoms with Gasteiger partial charge in [-0.25, -0.2) is 0 Å². The standard InChI is InChI=1S/C65H113N2O6P/c1-6-8-10-12-14-16-18-20-22-24-26-28-29-30-31-32-33-34-35-36-37-39-41-43-45-47-49-51-53-55-57-59-65(69)66-63(62-73-74(70,71)72-61-60-67(3,4)5)64(68)58-56-54-52-50-48-46-44-42-40-38-27-25-23-21-19-17-15-13-11-9-7-2/h8,10,14,16,20,22,26,28,30-31,33-34,36-37,41,43,48,50,56,58,63-64,68H,6-7,9,11-13,15,17-19,21,23-25,27,29,32,35,38-40,42,44-47,49,51-55,57,59-62H2,1-5H3,(H-,66,69,70,71)/b10-8-,16-14-,22-20-,28-26-,31-30-,34-33-,37-36-,43-41-,50-48+,58-56+. The molecule has 0 aromatic rings. The predicted molar refractivity (Wildman–Crippen MR) is 320 cm³/mol. The molecule has 3 atom stereocenters. The van der Waals surface area contributed by atoms with Gasteiger partial charge < -0.3 is 28.8 Å². The number of hydrogen-bond donors (Lipinski definition) is 2. The van der Waals surface area contributed by atoms with Crippen LogP contribution in [0.3, 0.4) is 0 Å². The Bertz CT molecular complexity index is 1620. The van der Waals surface area contributed by atoms with Gasteiger partial charge in [0, 0.05) is 6.42 Å². The van der Waals surface area contributed by atoms with E-state index in [0.717, 1.165) is 116 Å². The summed E-state index contributed by atoms with van der Waals surface area (Å²) < 4.78 is 23.3. The summed E-state index contributed by atoms with van der Waals surface area (Å²) in [5.74, 6) is -0.226. The number of nitrogens with zero attached hydrogens (tertiary/aromatic N) is 1. The lowest BCUT2D eigenvalue weighted by Gasteiger charge is -2.29. The van der Waals surface area contributed by atoms with E-state index >= 15 is 0 Å². The molecule has 424 valence electrons. The van der Waals surface area contributed by atoms with Crippen LogP contribution in [0.1, 0.15) is 232 Å². The number of rotatable bonds is 53. The maximum atomic E-state index is 13.0. The lowest BCUT2D eigenvalue weighted by molar-refractivity contribution is -0.870. The lowest BCUT2D eigenvalue weighted by Crippen LogP contribution is -2.45. The van der Waals surface area contributed by atoms with E-state index in [2.05, 4.69) is 129 Å². The van der Waals surface area contributed by atoms with Gasteiger partial charge in [-0.05, 0) is 96.3 Å². The van der Waals surface area contributed by atoms with Gasteiger partial charge >= 0.3 is 0 Å². The Morgan fingerprint density at radius 3 is 1.26 bits per heavy atom. The zero-order chi connectivity index (χ0) is 54.2. The first-order valence-corrected chi connectivity index (χ1v) is 31.4. The highest BCUT2D eigenvalue weighted by Crippen LogP contribution is 2.38. The van der Waals surface area contributed by atoms with Crippen LogP contribution >= 0.6 is 7.82 Å². The van der Waals surface area contributed by atoms with Crippen LogP contribution in [0.15, 0.2) is 122 Å². The molecule has 3 unspecified atom stereocenters. The average Bonchev–Trinajstić information content (AvgIpc) is 3.36. The van der Waals surface area contributed by atoms with Crippen molar-refractivity contribution in [3.05, 3.63) is 122 Å². The minimum atomic E-state index is -4.62. The number of amides is 1. The summed E-state index contributed by atoms with van der Waals surface area (Å²) in [5.41, 5.74) is 0. The van der Waals surface area contributed by atoms with Gasteiger partial charge in [-0.15, -0.1) is 0 Å². The number of quaternary nitrogens is 1. The maximum absolute atomic E-state index is 13.0. The molecule has 0 fully saturated rings. The Morgan fingerprint density at radius 2 is 0.838 bits per heavy atom. The number of likely N-dealkylation sites (N-methyl/N-ethyl adjacent to an activating group) is 1.